The van der Waals surface area contributed by atoms with Crippen molar-refractivity contribution in [3.63, 3.8) is 0 Å². The van der Waals surface area contributed by atoms with Crippen LogP contribution >= 0.6 is 27.3 Å². The van der Waals surface area contributed by atoms with E-state index in [-0.39, 0.29) is 5.91 Å². The Morgan fingerprint density at radius 3 is 3.00 bits per heavy atom. The molecule has 0 fully saturated rings. The molecule has 1 amide bonds. The van der Waals surface area contributed by atoms with Crippen molar-refractivity contribution in [3.05, 3.63) is 33.5 Å². The average Bonchev–Trinajstić information content (AvgIpc) is 2.69. The first-order valence-electron chi connectivity index (χ1n) is 4.82. The maximum absolute atomic E-state index is 12.1. The van der Waals surface area contributed by atoms with Gasteiger partial charge in [0.2, 0.25) is 0 Å². The van der Waals surface area contributed by atoms with E-state index in [0.29, 0.717) is 19.7 Å². The Labute approximate surface area is 108 Å². The minimum atomic E-state index is 0.0128. The third kappa shape index (κ3) is 3.43. The van der Waals surface area contributed by atoms with Crippen LogP contribution in [0.2, 0.25) is 0 Å². The number of halogens is 1. The maximum Gasteiger partial charge on any atom is 0.265 e. The molecule has 0 atom stereocenters. The van der Waals surface area contributed by atoms with Gasteiger partial charge in [0.05, 0.1) is 6.61 Å². The monoisotopic (exact) mass is 303 g/mol. The molecule has 1 aromatic rings. The molecular formula is C11H14BrNO2S. The van der Waals surface area contributed by atoms with Crippen molar-refractivity contribution < 1.29 is 9.53 Å². The fraction of sp³-hybridized carbons (Fsp3) is 0.364. The predicted molar refractivity (Wildman–Crippen MR) is 70.0 cm³/mol. The van der Waals surface area contributed by atoms with Crippen molar-refractivity contribution in [1.29, 1.82) is 0 Å². The van der Waals surface area contributed by atoms with E-state index in [4.69, 9.17) is 4.74 Å². The Bertz CT molecular complexity index is 365. The number of rotatable bonds is 6. The van der Waals surface area contributed by atoms with E-state index in [1.807, 2.05) is 11.4 Å². The van der Waals surface area contributed by atoms with Crippen molar-refractivity contribution in [3.8, 4) is 0 Å². The molecule has 0 bridgehead atoms. The molecule has 0 aliphatic carbocycles. The van der Waals surface area contributed by atoms with Gasteiger partial charge in [0, 0.05) is 24.7 Å². The number of amides is 1. The number of carbonyl (C=O) groups is 1. The van der Waals surface area contributed by atoms with E-state index in [1.165, 1.54) is 11.3 Å². The summed E-state index contributed by atoms with van der Waals surface area (Å²) in [6.07, 6.45) is 1.72. The molecule has 0 saturated heterocycles. The van der Waals surface area contributed by atoms with Crippen molar-refractivity contribution in [2.24, 2.45) is 0 Å². The van der Waals surface area contributed by atoms with E-state index in [0.717, 1.165) is 9.35 Å². The topological polar surface area (TPSA) is 29.5 Å². The summed E-state index contributed by atoms with van der Waals surface area (Å²) in [6, 6.07) is 1.88. The van der Waals surface area contributed by atoms with Gasteiger partial charge in [-0.3, -0.25) is 4.79 Å². The molecule has 0 aliphatic rings. The summed E-state index contributed by atoms with van der Waals surface area (Å²) >= 11 is 4.79. The molecule has 0 unspecified atom stereocenters. The van der Waals surface area contributed by atoms with Gasteiger partial charge >= 0.3 is 0 Å². The second-order valence-electron chi connectivity index (χ2n) is 3.13. The zero-order valence-electron chi connectivity index (χ0n) is 9.11. The van der Waals surface area contributed by atoms with Gasteiger partial charge in [0.25, 0.3) is 5.91 Å². The lowest BCUT2D eigenvalue weighted by molar-refractivity contribution is 0.0722. The lowest BCUT2D eigenvalue weighted by Gasteiger charge is -2.20. The van der Waals surface area contributed by atoms with Crippen LogP contribution in [0.15, 0.2) is 28.6 Å². The molecule has 1 rings (SSSR count). The zero-order chi connectivity index (χ0) is 12.0. The van der Waals surface area contributed by atoms with Crippen molar-refractivity contribution in [2.75, 3.05) is 26.8 Å². The molecule has 0 spiro atoms. The lowest BCUT2D eigenvalue weighted by atomic mass is 10.3. The number of thiophene rings is 1. The molecule has 1 aromatic heterocycles. The number of methoxy groups -OCH3 is 1. The predicted octanol–water partition coefficient (Wildman–Crippen LogP) is 2.79. The maximum atomic E-state index is 12.1. The number of hydrogen-bond acceptors (Lipinski definition) is 3. The van der Waals surface area contributed by atoms with Gasteiger partial charge in [-0.05, 0) is 27.4 Å². The SMILES string of the molecule is C=CCN(CCOC)C(=O)c1sccc1Br. The quantitative estimate of drug-likeness (QED) is 0.756. The normalized spacial score (nSPS) is 10.1. The first-order chi connectivity index (χ1) is 7.70. The molecule has 3 nitrogen and oxygen atoms in total. The second-order valence-corrected chi connectivity index (χ2v) is 4.90. The minimum absolute atomic E-state index is 0.0128. The molecule has 0 aliphatic heterocycles. The van der Waals surface area contributed by atoms with Crippen LogP contribution in [0.5, 0.6) is 0 Å². The molecule has 88 valence electrons. The largest absolute Gasteiger partial charge is 0.383 e. The molecule has 0 aromatic carbocycles. The fourth-order valence-electron chi connectivity index (χ4n) is 1.22. The summed E-state index contributed by atoms with van der Waals surface area (Å²) in [5, 5.41) is 1.89. The molecule has 1 heterocycles. The van der Waals surface area contributed by atoms with Crippen LogP contribution in [0.25, 0.3) is 0 Å². The number of nitrogens with zero attached hydrogens (tertiary/aromatic N) is 1. The Balaban J connectivity index is 2.74. The lowest BCUT2D eigenvalue weighted by Crippen LogP contribution is -2.33. The summed E-state index contributed by atoms with van der Waals surface area (Å²) < 4.78 is 5.82. The minimum Gasteiger partial charge on any atom is -0.383 e. The van der Waals surface area contributed by atoms with Gasteiger partial charge in [0.15, 0.2) is 0 Å². The van der Waals surface area contributed by atoms with Gasteiger partial charge in [-0.15, -0.1) is 17.9 Å². The first-order valence-corrected chi connectivity index (χ1v) is 6.50. The van der Waals surface area contributed by atoms with E-state index in [2.05, 4.69) is 22.5 Å². The number of carbonyl (C=O) groups excluding carboxylic acids is 1. The standard InChI is InChI=1S/C11H14BrNO2S/c1-3-5-13(6-7-15-2)11(14)10-9(12)4-8-16-10/h3-4,8H,1,5-7H2,2H3. The Kier molecular flexibility index (Phi) is 5.73. The van der Waals surface area contributed by atoms with Crippen LogP contribution in [0, 0.1) is 0 Å². The number of ether oxygens (including phenoxy) is 1. The van der Waals surface area contributed by atoms with Gasteiger partial charge in [0.1, 0.15) is 4.88 Å². The third-order valence-electron chi connectivity index (χ3n) is 2.01. The molecule has 0 saturated carbocycles. The highest BCUT2D eigenvalue weighted by Gasteiger charge is 2.17. The Hall–Kier alpha value is -0.650. The van der Waals surface area contributed by atoms with Crippen LogP contribution in [-0.2, 0) is 4.74 Å². The Morgan fingerprint density at radius 1 is 1.75 bits per heavy atom. The summed E-state index contributed by atoms with van der Waals surface area (Å²) in [5.41, 5.74) is 0. The third-order valence-corrected chi connectivity index (χ3v) is 3.84. The molecule has 0 N–H and O–H groups in total. The molecule has 0 radical (unpaired) electrons. The number of hydrogen-bond donors (Lipinski definition) is 0. The van der Waals surface area contributed by atoms with Gasteiger partial charge in [-0.2, -0.15) is 0 Å². The van der Waals surface area contributed by atoms with E-state index < -0.39 is 0 Å². The van der Waals surface area contributed by atoms with E-state index in [9.17, 15) is 4.79 Å². The second kappa shape index (κ2) is 6.83. The zero-order valence-corrected chi connectivity index (χ0v) is 11.5. The summed E-state index contributed by atoms with van der Waals surface area (Å²) in [5.74, 6) is 0.0128. The Morgan fingerprint density at radius 2 is 2.50 bits per heavy atom. The van der Waals surface area contributed by atoms with E-state index >= 15 is 0 Å². The van der Waals surface area contributed by atoms with Crippen molar-refractivity contribution in [1.82, 2.24) is 4.90 Å². The van der Waals surface area contributed by atoms with Crippen LogP contribution in [0.1, 0.15) is 9.67 Å². The smallest absolute Gasteiger partial charge is 0.265 e. The van der Waals surface area contributed by atoms with Crippen molar-refractivity contribution >= 4 is 33.2 Å². The van der Waals surface area contributed by atoms with Crippen LogP contribution in [0.3, 0.4) is 0 Å². The highest BCUT2D eigenvalue weighted by molar-refractivity contribution is 9.10. The highest BCUT2D eigenvalue weighted by atomic mass is 79.9. The highest BCUT2D eigenvalue weighted by Crippen LogP contribution is 2.24. The molecular weight excluding hydrogens is 290 g/mol. The summed E-state index contributed by atoms with van der Waals surface area (Å²) in [7, 11) is 1.62. The van der Waals surface area contributed by atoms with Gasteiger partial charge in [-0.1, -0.05) is 6.08 Å². The fourth-order valence-corrected chi connectivity index (χ4v) is 2.73. The molecule has 16 heavy (non-hydrogen) atoms. The van der Waals surface area contributed by atoms with Crippen LogP contribution < -0.4 is 0 Å². The summed E-state index contributed by atoms with van der Waals surface area (Å²) in [4.78, 5) is 14.6. The van der Waals surface area contributed by atoms with Crippen LogP contribution in [-0.4, -0.2) is 37.6 Å². The van der Waals surface area contributed by atoms with Gasteiger partial charge in [-0.25, -0.2) is 0 Å². The molecule has 5 heteroatoms. The first kappa shape index (κ1) is 13.4. The van der Waals surface area contributed by atoms with Crippen molar-refractivity contribution in [2.45, 2.75) is 0 Å². The summed E-state index contributed by atoms with van der Waals surface area (Å²) in [6.45, 7) is 5.29. The van der Waals surface area contributed by atoms with E-state index in [1.54, 1.807) is 18.1 Å². The van der Waals surface area contributed by atoms with Crippen LogP contribution in [0.4, 0.5) is 0 Å². The average molecular weight is 304 g/mol. The van der Waals surface area contributed by atoms with Gasteiger partial charge < -0.3 is 9.64 Å².